The smallest absolute Gasteiger partial charge is 0.167 e. The lowest BCUT2D eigenvalue weighted by Gasteiger charge is -2.27. The average Bonchev–Trinajstić information content (AvgIpc) is 2.90. The number of hydrogen-bond donors (Lipinski definition) is 3. The third-order valence-electron chi connectivity index (χ3n) is 4.61. The van der Waals surface area contributed by atoms with Gasteiger partial charge in [-0.3, -0.25) is 0 Å². The van der Waals surface area contributed by atoms with Crippen molar-refractivity contribution in [2.75, 3.05) is 6.61 Å². The van der Waals surface area contributed by atoms with Gasteiger partial charge in [0.05, 0.1) is 12.0 Å². The topological polar surface area (TPSA) is 113 Å². The first kappa shape index (κ1) is 14.7. The van der Waals surface area contributed by atoms with E-state index in [1.807, 2.05) is 12.4 Å². The Hall–Kier alpha value is -1.87. The van der Waals surface area contributed by atoms with Crippen LogP contribution in [-0.4, -0.2) is 60.5 Å². The van der Waals surface area contributed by atoms with Crippen LogP contribution < -0.4 is 0 Å². The van der Waals surface area contributed by atoms with E-state index in [0.717, 1.165) is 23.8 Å². The number of aryl methyl sites for hydroxylation is 1. The minimum absolute atomic E-state index is 0.371. The molecule has 1 saturated heterocycles. The number of aromatic nitrogens is 3. The van der Waals surface area contributed by atoms with Gasteiger partial charge in [-0.1, -0.05) is 0 Å². The second kappa shape index (κ2) is 5.07. The second-order valence-corrected chi connectivity index (χ2v) is 6.19. The van der Waals surface area contributed by atoms with Crippen LogP contribution in [0.2, 0.25) is 0 Å². The third-order valence-corrected chi connectivity index (χ3v) is 4.61. The molecule has 1 fully saturated rings. The largest absolute Gasteiger partial charge is 0.394 e. The minimum Gasteiger partial charge on any atom is -0.394 e. The van der Waals surface area contributed by atoms with Crippen molar-refractivity contribution in [2.45, 2.75) is 43.8 Å². The summed E-state index contributed by atoms with van der Waals surface area (Å²) in [7, 11) is 0. The van der Waals surface area contributed by atoms with E-state index in [1.165, 1.54) is 13.3 Å². The van der Waals surface area contributed by atoms with Crippen LogP contribution in [0.3, 0.4) is 0 Å². The number of hydrogen-bond acceptors (Lipinski definition) is 7. The highest BCUT2D eigenvalue weighted by Gasteiger charge is 2.53. The Labute approximate surface area is 132 Å². The molecule has 0 aliphatic carbocycles. The maximum absolute atomic E-state index is 10.7. The maximum atomic E-state index is 10.7. The van der Waals surface area contributed by atoms with Gasteiger partial charge in [0.25, 0.3) is 0 Å². The normalized spacial score (nSPS) is 33.3. The van der Waals surface area contributed by atoms with Crippen molar-refractivity contribution in [1.29, 1.82) is 0 Å². The van der Waals surface area contributed by atoms with Crippen molar-refractivity contribution in [3.8, 4) is 0 Å². The molecule has 1 unspecified atom stereocenters. The zero-order valence-electron chi connectivity index (χ0n) is 12.6. The molecular weight excluding hydrogens is 300 g/mol. The number of aliphatic hydroxyl groups is 3. The molecule has 2 aromatic heterocycles. The summed E-state index contributed by atoms with van der Waals surface area (Å²) in [6.45, 7) is 1.13. The SMILES string of the molecule is CC1(O)[C@H](O)[C@@H](CO)O[C@H]1n1cc2c3c(ncnc31)N=CCC2. The first-order chi connectivity index (χ1) is 11.0. The lowest BCUT2D eigenvalue weighted by atomic mass is 9.96. The van der Waals surface area contributed by atoms with Crippen LogP contribution in [-0.2, 0) is 11.2 Å². The third kappa shape index (κ3) is 2.03. The Morgan fingerprint density at radius 3 is 3.00 bits per heavy atom. The molecular formula is C15H18N4O4. The van der Waals surface area contributed by atoms with E-state index in [2.05, 4.69) is 15.0 Å². The Balaban J connectivity index is 1.89. The van der Waals surface area contributed by atoms with E-state index in [-0.39, 0.29) is 6.61 Å². The molecule has 8 heteroatoms. The van der Waals surface area contributed by atoms with Gasteiger partial charge in [-0.25, -0.2) is 15.0 Å². The number of aliphatic imine (C=N–C) groups is 1. The summed E-state index contributed by atoms with van der Waals surface area (Å²) >= 11 is 0. The first-order valence-electron chi connectivity index (χ1n) is 7.57. The molecule has 0 radical (unpaired) electrons. The fraction of sp³-hybridized carbons (Fsp3) is 0.533. The summed E-state index contributed by atoms with van der Waals surface area (Å²) in [5, 5.41) is 31.0. The van der Waals surface area contributed by atoms with E-state index in [1.54, 1.807) is 4.57 Å². The molecule has 3 N–H and O–H groups in total. The molecule has 4 atom stereocenters. The monoisotopic (exact) mass is 318 g/mol. The summed E-state index contributed by atoms with van der Waals surface area (Å²) in [4.78, 5) is 12.9. The highest BCUT2D eigenvalue weighted by molar-refractivity contribution is 5.92. The van der Waals surface area contributed by atoms with Crippen molar-refractivity contribution in [3.63, 3.8) is 0 Å². The molecule has 2 aliphatic heterocycles. The first-order valence-corrected chi connectivity index (χ1v) is 7.57. The number of nitrogens with zero attached hydrogens (tertiary/aromatic N) is 4. The fourth-order valence-corrected chi connectivity index (χ4v) is 3.37. The molecule has 4 heterocycles. The summed E-state index contributed by atoms with van der Waals surface area (Å²) in [5.74, 6) is 0.596. The predicted molar refractivity (Wildman–Crippen MR) is 81.6 cm³/mol. The Morgan fingerprint density at radius 2 is 2.26 bits per heavy atom. The molecule has 2 aromatic rings. The summed E-state index contributed by atoms with van der Waals surface area (Å²) in [6, 6.07) is 0. The molecule has 0 spiro atoms. The molecule has 2 aliphatic rings. The molecule has 0 saturated carbocycles. The van der Waals surface area contributed by atoms with Gasteiger partial charge >= 0.3 is 0 Å². The minimum atomic E-state index is -1.55. The van der Waals surface area contributed by atoms with Gasteiger partial charge in [-0.2, -0.15) is 0 Å². The van der Waals surface area contributed by atoms with Crippen LogP contribution in [0, 0.1) is 0 Å². The fourth-order valence-electron chi connectivity index (χ4n) is 3.37. The molecule has 0 aromatic carbocycles. The number of rotatable bonds is 2. The molecule has 0 bridgehead atoms. The second-order valence-electron chi connectivity index (χ2n) is 6.19. The summed E-state index contributed by atoms with van der Waals surface area (Å²) in [5.41, 5.74) is 0.0734. The van der Waals surface area contributed by atoms with Crippen LogP contribution in [0.25, 0.3) is 11.0 Å². The van der Waals surface area contributed by atoms with Crippen molar-refractivity contribution >= 4 is 23.1 Å². The average molecular weight is 318 g/mol. The van der Waals surface area contributed by atoms with Crippen molar-refractivity contribution < 1.29 is 20.1 Å². The Kier molecular flexibility index (Phi) is 3.24. The van der Waals surface area contributed by atoms with Crippen molar-refractivity contribution in [3.05, 3.63) is 18.1 Å². The Morgan fingerprint density at radius 1 is 1.43 bits per heavy atom. The van der Waals surface area contributed by atoms with Crippen LogP contribution in [0.15, 0.2) is 17.5 Å². The summed E-state index contributed by atoms with van der Waals surface area (Å²) in [6.07, 6.45) is 3.81. The molecule has 8 nitrogen and oxygen atoms in total. The highest BCUT2D eigenvalue weighted by atomic mass is 16.6. The van der Waals surface area contributed by atoms with Crippen molar-refractivity contribution in [2.24, 2.45) is 4.99 Å². The lowest BCUT2D eigenvalue weighted by Crippen LogP contribution is -2.44. The Bertz CT molecular complexity index is 785. The lowest BCUT2D eigenvalue weighted by molar-refractivity contribution is -0.0948. The molecule has 0 amide bonds. The van der Waals surface area contributed by atoms with E-state index in [0.29, 0.717) is 11.5 Å². The summed E-state index contributed by atoms with van der Waals surface area (Å²) < 4.78 is 7.40. The van der Waals surface area contributed by atoms with Gasteiger partial charge in [0, 0.05) is 12.4 Å². The standard InChI is InChI=1S/C15H18N4O4/c1-15(22)11(21)9(6-20)23-14(15)19-5-8-3-2-4-16-12-10(8)13(19)18-7-17-12/h4-5,7,9,11,14,20-22H,2-3,6H2,1H3/t9-,11-,14-,15?/m1/s1. The van der Waals surface area contributed by atoms with E-state index in [4.69, 9.17) is 4.74 Å². The maximum Gasteiger partial charge on any atom is 0.167 e. The van der Waals surface area contributed by atoms with Crippen LogP contribution >= 0.6 is 0 Å². The number of aliphatic hydroxyl groups excluding tert-OH is 2. The van der Waals surface area contributed by atoms with Gasteiger partial charge in [-0.15, -0.1) is 0 Å². The van der Waals surface area contributed by atoms with Crippen LogP contribution in [0.4, 0.5) is 5.82 Å². The van der Waals surface area contributed by atoms with E-state index < -0.39 is 24.0 Å². The van der Waals surface area contributed by atoms with Gasteiger partial charge < -0.3 is 24.6 Å². The van der Waals surface area contributed by atoms with E-state index in [9.17, 15) is 15.3 Å². The molecule has 4 rings (SSSR count). The van der Waals surface area contributed by atoms with Gasteiger partial charge in [-0.05, 0) is 25.3 Å². The molecule has 122 valence electrons. The van der Waals surface area contributed by atoms with E-state index >= 15 is 0 Å². The highest BCUT2D eigenvalue weighted by Crippen LogP contribution is 2.41. The predicted octanol–water partition coefficient (Wildman–Crippen LogP) is 0.0814. The van der Waals surface area contributed by atoms with Gasteiger partial charge in [0.1, 0.15) is 29.8 Å². The van der Waals surface area contributed by atoms with Crippen molar-refractivity contribution in [1.82, 2.24) is 14.5 Å². The van der Waals surface area contributed by atoms with Gasteiger partial charge in [0.2, 0.25) is 0 Å². The quantitative estimate of drug-likeness (QED) is 0.723. The zero-order chi connectivity index (χ0) is 16.2. The zero-order valence-corrected chi connectivity index (χ0v) is 12.6. The van der Waals surface area contributed by atoms with Crippen LogP contribution in [0.5, 0.6) is 0 Å². The van der Waals surface area contributed by atoms with Crippen LogP contribution in [0.1, 0.15) is 25.1 Å². The number of ether oxygens (including phenoxy) is 1. The van der Waals surface area contributed by atoms with Gasteiger partial charge in [0.15, 0.2) is 12.0 Å². The molecule has 23 heavy (non-hydrogen) atoms.